The molecule has 7 heteroatoms. The van der Waals surface area contributed by atoms with Crippen LogP contribution in [0.3, 0.4) is 0 Å². The molecule has 4 aromatic rings. The first-order chi connectivity index (χ1) is 17.2. The molecule has 2 amide bonds. The number of nitrogens with zero attached hydrogens (tertiary/aromatic N) is 3. The maximum Gasteiger partial charge on any atom is 0.261 e. The van der Waals surface area contributed by atoms with Crippen molar-refractivity contribution in [2.45, 2.75) is 57.8 Å². The number of hydrogen-bond acceptors (Lipinski definition) is 4. The second kappa shape index (κ2) is 10.9. The Hall–Kier alpha value is -3.45. The molecule has 1 aliphatic rings. The average Bonchev–Trinajstić information content (AvgIpc) is 3.56. The summed E-state index contributed by atoms with van der Waals surface area (Å²) in [5, 5.41) is 4.86. The Balaban J connectivity index is 1.40. The summed E-state index contributed by atoms with van der Waals surface area (Å²) in [5.41, 5.74) is 2.88. The number of hydrogen-bond donors (Lipinski definition) is 1. The second-order valence-electron chi connectivity index (χ2n) is 9.06. The monoisotopic (exact) mass is 486 g/mol. The molecule has 1 saturated carbocycles. The highest BCUT2D eigenvalue weighted by atomic mass is 32.1. The van der Waals surface area contributed by atoms with E-state index in [1.54, 1.807) is 6.07 Å². The van der Waals surface area contributed by atoms with Crippen LogP contribution in [-0.4, -0.2) is 32.3 Å². The van der Waals surface area contributed by atoms with Crippen LogP contribution in [0, 0.1) is 0 Å². The third kappa shape index (κ3) is 5.46. The highest BCUT2D eigenvalue weighted by Crippen LogP contribution is 2.25. The van der Waals surface area contributed by atoms with E-state index in [0.717, 1.165) is 42.3 Å². The number of nitrogens with one attached hydrogen (secondary N) is 1. The lowest BCUT2D eigenvalue weighted by molar-refractivity contribution is -0.135. The minimum Gasteiger partial charge on any atom is -0.344 e. The molecular weight excluding hydrogens is 456 g/mol. The fourth-order valence-electron chi connectivity index (χ4n) is 4.91. The van der Waals surface area contributed by atoms with E-state index in [4.69, 9.17) is 4.98 Å². The van der Waals surface area contributed by atoms with Crippen molar-refractivity contribution in [1.82, 2.24) is 19.8 Å². The van der Waals surface area contributed by atoms with E-state index in [0.29, 0.717) is 17.2 Å². The molecule has 2 aromatic carbocycles. The van der Waals surface area contributed by atoms with Gasteiger partial charge in [-0.05, 0) is 42.0 Å². The van der Waals surface area contributed by atoms with E-state index >= 15 is 0 Å². The molecule has 0 aliphatic heterocycles. The van der Waals surface area contributed by atoms with Gasteiger partial charge in [0, 0.05) is 12.6 Å². The highest BCUT2D eigenvalue weighted by molar-refractivity contribution is 7.12. The van der Waals surface area contributed by atoms with E-state index in [2.05, 4.69) is 22.3 Å². The molecule has 5 rings (SSSR count). The van der Waals surface area contributed by atoms with E-state index < -0.39 is 0 Å². The minimum atomic E-state index is -0.127. The van der Waals surface area contributed by atoms with Crippen LogP contribution in [-0.2, 0) is 24.4 Å². The molecular formula is C28H30N4O2S. The molecule has 0 unspecified atom stereocenters. The number of fused-ring (bicyclic) bond motifs is 1. The van der Waals surface area contributed by atoms with Gasteiger partial charge in [-0.25, -0.2) is 4.98 Å². The highest BCUT2D eigenvalue weighted by Gasteiger charge is 2.27. The first-order valence-electron chi connectivity index (χ1n) is 12.3. The third-order valence-corrected chi connectivity index (χ3v) is 7.58. The molecule has 0 radical (unpaired) electrons. The number of thiophene rings is 1. The summed E-state index contributed by atoms with van der Waals surface area (Å²) in [4.78, 5) is 33.8. The van der Waals surface area contributed by atoms with Crippen LogP contribution >= 0.6 is 11.3 Å². The van der Waals surface area contributed by atoms with Crippen molar-refractivity contribution in [3.05, 3.63) is 88.4 Å². The molecule has 0 saturated heterocycles. The molecule has 0 atom stereocenters. The van der Waals surface area contributed by atoms with Crippen LogP contribution in [0.2, 0.25) is 0 Å². The van der Waals surface area contributed by atoms with Gasteiger partial charge in [0.05, 0.1) is 22.5 Å². The molecule has 35 heavy (non-hydrogen) atoms. The van der Waals surface area contributed by atoms with Gasteiger partial charge < -0.3 is 14.8 Å². The number of carbonyl (C=O) groups excluding carboxylic acids is 2. The van der Waals surface area contributed by atoms with Gasteiger partial charge in [0.2, 0.25) is 5.91 Å². The van der Waals surface area contributed by atoms with Gasteiger partial charge in [0.25, 0.3) is 5.91 Å². The van der Waals surface area contributed by atoms with E-state index in [1.165, 1.54) is 17.8 Å². The van der Waals surface area contributed by atoms with Gasteiger partial charge in [0.15, 0.2) is 0 Å². The lowest BCUT2D eigenvalue weighted by Crippen LogP contribution is -2.42. The summed E-state index contributed by atoms with van der Waals surface area (Å²) in [6, 6.07) is 22.0. The molecule has 1 aliphatic carbocycles. The maximum atomic E-state index is 13.8. The van der Waals surface area contributed by atoms with Crippen LogP contribution in [0.25, 0.3) is 11.0 Å². The Morgan fingerprint density at radius 2 is 1.74 bits per heavy atom. The summed E-state index contributed by atoms with van der Waals surface area (Å²) in [6.45, 7) is 1.08. The summed E-state index contributed by atoms with van der Waals surface area (Å²) < 4.78 is 1.97. The molecule has 180 valence electrons. The zero-order valence-corrected chi connectivity index (χ0v) is 20.5. The van der Waals surface area contributed by atoms with Gasteiger partial charge in [-0.15, -0.1) is 11.3 Å². The fourth-order valence-corrected chi connectivity index (χ4v) is 5.55. The number of amides is 2. The quantitative estimate of drug-likeness (QED) is 0.363. The Morgan fingerprint density at radius 3 is 2.51 bits per heavy atom. The van der Waals surface area contributed by atoms with Gasteiger partial charge in [0.1, 0.15) is 12.4 Å². The number of para-hydroxylation sites is 2. The molecule has 0 spiro atoms. The zero-order chi connectivity index (χ0) is 24.0. The van der Waals surface area contributed by atoms with Crippen molar-refractivity contribution in [3.63, 3.8) is 0 Å². The van der Waals surface area contributed by atoms with Crippen molar-refractivity contribution >= 4 is 34.2 Å². The van der Waals surface area contributed by atoms with Crippen molar-refractivity contribution in [2.75, 3.05) is 0 Å². The average molecular weight is 487 g/mol. The van der Waals surface area contributed by atoms with Crippen LogP contribution < -0.4 is 5.32 Å². The van der Waals surface area contributed by atoms with Crippen LogP contribution in [0.5, 0.6) is 0 Å². The van der Waals surface area contributed by atoms with Gasteiger partial charge >= 0.3 is 0 Å². The van der Waals surface area contributed by atoms with Crippen LogP contribution in [0.15, 0.2) is 72.1 Å². The summed E-state index contributed by atoms with van der Waals surface area (Å²) >= 11 is 1.41. The van der Waals surface area contributed by atoms with Gasteiger partial charge in [-0.3, -0.25) is 9.59 Å². The summed E-state index contributed by atoms with van der Waals surface area (Å²) in [7, 11) is 0. The Bertz CT molecular complexity index is 1280. The summed E-state index contributed by atoms with van der Waals surface area (Å²) in [5.74, 6) is 0.653. The van der Waals surface area contributed by atoms with Crippen LogP contribution in [0.4, 0.5) is 0 Å². The van der Waals surface area contributed by atoms with Crippen molar-refractivity contribution < 1.29 is 9.59 Å². The third-order valence-electron chi connectivity index (χ3n) is 6.71. The van der Waals surface area contributed by atoms with Crippen molar-refractivity contribution in [2.24, 2.45) is 0 Å². The standard InChI is InChI=1S/C28H30N4O2S/c33-27(31(22-12-5-2-6-13-22)19-21-10-3-1-4-11-21)20-32-24-15-8-7-14-23(24)30-26(32)18-29-28(34)25-16-9-17-35-25/h1,3-4,7-11,14-17,22H,2,5-6,12-13,18-20H2,(H,29,34). The maximum absolute atomic E-state index is 13.8. The molecule has 1 fully saturated rings. The normalized spacial score (nSPS) is 14.2. The topological polar surface area (TPSA) is 67.2 Å². The fraction of sp³-hybridized carbons (Fsp3) is 0.321. The second-order valence-corrected chi connectivity index (χ2v) is 10.0. The van der Waals surface area contributed by atoms with Gasteiger partial charge in [-0.2, -0.15) is 0 Å². The number of benzene rings is 2. The lowest BCUT2D eigenvalue weighted by Gasteiger charge is -2.35. The number of imidazole rings is 1. The van der Waals surface area contributed by atoms with Gasteiger partial charge in [-0.1, -0.05) is 67.8 Å². The Morgan fingerprint density at radius 1 is 0.971 bits per heavy atom. The Kier molecular flexibility index (Phi) is 7.23. The summed E-state index contributed by atoms with van der Waals surface area (Å²) in [6.07, 6.45) is 5.67. The predicted octanol–water partition coefficient (Wildman–Crippen LogP) is 5.39. The lowest BCUT2D eigenvalue weighted by atomic mass is 9.93. The first kappa shape index (κ1) is 23.3. The van der Waals surface area contributed by atoms with Crippen molar-refractivity contribution in [1.29, 1.82) is 0 Å². The molecule has 1 N–H and O–H groups in total. The molecule has 2 heterocycles. The minimum absolute atomic E-state index is 0.0924. The van der Waals surface area contributed by atoms with Crippen LogP contribution in [0.1, 0.15) is 53.2 Å². The number of carbonyl (C=O) groups is 2. The SMILES string of the molecule is O=C(NCc1nc2ccccc2n1CC(=O)N(Cc1ccccc1)C1CCCCC1)c1cccs1. The molecule has 2 aromatic heterocycles. The largest absolute Gasteiger partial charge is 0.344 e. The zero-order valence-electron chi connectivity index (χ0n) is 19.7. The number of rotatable bonds is 8. The van der Waals surface area contributed by atoms with E-state index in [-0.39, 0.29) is 30.9 Å². The van der Waals surface area contributed by atoms with Crippen molar-refractivity contribution in [3.8, 4) is 0 Å². The first-order valence-corrected chi connectivity index (χ1v) is 13.2. The molecule has 0 bridgehead atoms. The predicted molar refractivity (Wildman–Crippen MR) is 139 cm³/mol. The van der Waals surface area contributed by atoms with E-state index in [9.17, 15) is 9.59 Å². The van der Waals surface area contributed by atoms with E-state index in [1.807, 2.05) is 58.5 Å². The molecule has 6 nitrogen and oxygen atoms in total. The Labute approximate surface area is 209 Å². The smallest absolute Gasteiger partial charge is 0.261 e. The number of aromatic nitrogens is 2.